The van der Waals surface area contributed by atoms with Crippen LogP contribution in [-0.4, -0.2) is 118 Å². The van der Waals surface area contributed by atoms with Gasteiger partial charge in [-0.15, -0.1) is 0 Å². The molecule has 0 bridgehead atoms. The second-order valence-electron chi connectivity index (χ2n) is 14.1. The number of nitrogens with zero attached hydrogens (tertiary/aromatic N) is 6. The first-order valence-electron chi connectivity index (χ1n) is 19.2. The van der Waals surface area contributed by atoms with Crippen LogP contribution in [0.2, 0.25) is 0 Å². The molecule has 61 heavy (non-hydrogen) atoms. The maximum Gasteiger partial charge on any atom is 0.291 e. The maximum absolute atomic E-state index is 13.3. The molecule has 4 aromatic carbocycles. The average Bonchev–Trinajstić information content (AvgIpc) is 3.27. The van der Waals surface area contributed by atoms with Crippen LogP contribution in [0.4, 0.5) is 11.4 Å². The SMILES string of the molecule is CC(=O)N1CCN(C(=O)/C=C/c2ccc(Sc3ccc(/C=C/C(=O)N4CCN(C(C)=O)CC4)c(-c4ccccc4C=O)c3[N+](=O)[O-])c([N+](=O)[O-])c2-c2ccccc2C=O)CC1. The van der Waals surface area contributed by atoms with Gasteiger partial charge < -0.3 is 19.6 Å². The predicted molar refractivity (Wildman–Crippen MR) is 228 cm³/mol. The third kappa shape index (κ3) is 9.63. The number of carbonyl (C=O) groups excluding carboxylic acids is 6. The van der Waals surface area contributed by atoms with Gasteiger partial charge in [0.05, 0.1) is 30.8 Å². The highest BCUT2D eigenvalue weighted by atomic mass is 32.2. The monoisotopic (exact) mass is 844 g/mol. The van der Waals surface area contributed by atoms with Gasteiger partial charge in [-0.05, 0) is 46.5 Å². The number of hydrogen-bond acceptors (Lipinski definition) is 11. The lowest BCUT2D eigenvalue weighted by Crippen LogP contribution is -2.49. The molecule has 0 aliphatic carbocycles. The van der Waals surface area contributed by atoms with Crippen molar-refractivity contribution in [3.8, 4) is 22.3 Å². The number of nitro benzene ring substituents is 2. The Kier molecular flexibility index (Phi) is 13.6. The summed E-state index contributed by atoms with van der Waals surface area (Å²) in [6, 6.07) is 18.3. The minimum atomic E-state index is -0.646. The van der Waals surface area contributed by atoms with Crippen molar-refractivity contribution in [2.45, 2.75) is 23.6 Å². The Morgan fingerprint density at radius 1 is 0.525 bits per heavy atom. The lowest BCUT2D eigenvalue weighted by atomic mass is 9.93. The van der Waals surface area contributed by atoms with Crippen LogP contribution in [0.15, 0.2) is 94.7 Å². The summed E-state index contributed by atoms with van der Waals surface area (Å²) in [7, 11) is 0. The van der Waals surface area contributed by atoms with E-state index in [-0.39, 0.29) is 77.9 Å². The minimum absolute atomic E-state index is 0.000437. The molecule has 0 spiro atoms. The molecule has 2 fully saturated rings. The van der Waals surface area contributed by atoms with Crippen molar-refractivity contribution >= 4 is 71.5 Å². The van der Waals surface area contributed by atoms with Gasteiger partial charge in [0.15, 0.2) is 12.6 Å². The first kappa shape index (κ1) is 43.3. The molecular formula is C44H40N6O10S. The first-order chi connectivity index (χ1) is 29.3. The normalized spacial score (nSPS) is 14.3. The molecule has 0 unspecified atom stereocenters. The molecule has 0 aromatic heterocycles. The van der Waals surface area contributed by atoms with E-state index >= 15 is 0 Å². The van der Waals surface area contributed by atoms with Gasteiger partial charge in [0.25, 0.3) is 11.4 Å². The van der Waals surface area contributed by atoms with Crippen molar-refractivity contribution < 1.29 is 38.6 Å². The molecule has 0 atom stereocenters. The van der Waals surface area contributed by atoms with Crippen molar-refractivity contribution in [3.63, 3.8) is 0 Å². The Morgan fingerprint density at radius 2 is 0.869 bits per heavy atom. The fraction of sp³-hybridized carbons (Fsp3) is 0.227. The van der Waals surface area contributed by atoms with Gasteiger partial charge in [0.1, 0.15) is 0 Å². The third-order valence-corrected chi connectivity index (χ3v) is 11.6. The molecule has 2 heterocycles. The molecule has 4 amide bonds. The van der Waals surface area contributed by atoms with Gasteiger partial charge in [-0.1, -0.05) is 72.4 Å². The van der Waals surface area contributed by atoms with Crippen LogP contribution in [0.5, 0.6) is 0 Å². The molecule has 0 radical (unpaired) electrons. The summed E-state index contributed by atoms with van der Waals surface area (Å²) < 4.78 is 0. The van der Waals surface area contributed by atoms with Gasteiger partial charge in [0.2, 0.25) is 23.6 Å². The Labute approximate surface area is 354 Å². The molecule has 4 aromatic rings. The van der Waals surface area contributed by atoms with E-state index in [1.807, 2.05) is 0 Å². The zero-order chi connectivity index (χ0) is 43.8. The summed E-state index contributed by atoms with van der Waals surface area (Å²) >= 11 is 0.736. The van der Waals surface area contributed by atoms with E-state index < -0.39 is 21.2 Å². The van der Waals surface area contributed by atoms with Crippen LogP contribution in [0, 0.1) is 20.2 Å². The Hall–Kier alpha value is -7.27. The Morgan fingerprint density at radius 3 is 1.20 bits per heavy atom. The van der Waals surface area contributed by atoms with E-state index in [1.165, 1.54) is 86.7 Å². The van der Waals surface area contributed by atoms with Crippen molar-refractivity contribution in [3.05, 3.63) is 127 Å². The molecule has 6 rings (SSSR count). The van der Waals surface area contributed by atoms with Crippen LogP contribution >= 0.6 is 11.8 Å². The highest BCUT2D eigenvalue weighted by Crippen LogP contribution is 2.49. The highest BCUT2D eigenvalue weighted by molar-refractivity contribution is 7.99. The number of carbonyl (C=O) groups is 6. The van der Waals surface area contributed by atoms with Crippen molar-refractivity contribution in [2.24, 2.45) is 0 Å². The van der Waals surface area contributed by atoms with Gasteiger partial charge in [-0.2, -0.15) is 0 Å². The molecular weight excluding hydrogens is 805 g/mol. The number of amides is 4. The number of rotatable bonds is 12. The molecule has 2 aliphatic heterocycles. The minimum Gasteiger partial charge on any atom is -0.339 e. The lowest BCUT2D eigenvalue weighted by Gasteiger charge is -2.33. The zero-order valence-corrected chi connectivity index (χ0v) is 34.0. The van der Waals surface area contributed by atoms with E-state index in [9.17, 15) is 49.0 Å². The van der Waals surface area contributed by atoms with E-state index in [0.717, 1.165) is 11.8 Å². The van der Waals surface area contributed by atoms with Crippen LogP contribution in [-0.2, 0) is 19.2 Å². The highest BCUT2D eigenvalue weighted by Gasteiger charge is 2.31. The fourth-order valence-corrected chi connectivity index (χ4v) is 8.39. The second kappa shape index (κ2) is 19.2. The summed E-state index contributed by atoms with van der Waals surface area (Å²) in [5.74, 6) is -0.972. The van der Waals surface area contributed by atoms with Gasteiger partial charge in [-0.25, -0.2) is 0 Å². The number of piperazine rings is 2. The van der Waals surface area contributed by atoms with Crippen LogP contribution in [0.25, 0.3) is 34.4 Å². The topological polar surface area (TPSA) is 202 Å². The van der Waals surface area contributed by atoms with Crippen molar-refractivity contribution in [1.29, 1.82) is 0 Å². The molecule has 2 saturated heterocycles. The number of aldehydes is 2. The fourth-order valence-electron chi connectivity index (χ4n) is 7.34. The lowest BCUT2D eigenvalue weighted by molar-refractivity contribution is -0.387. The van der Waals surface area contributed by atoms with Crippen molar-refractivity contribution in [2.75, 3.05) is 52.4 Å². The second-order valence-corrected chi connectivity index (χ2v) is 15.2. The quantitative estimate of drug-likeness (QED) is 0.0699. The van der Waals surface area contributed by atoms with E-state index in [1.54, 1.807) is 43.9 Å². The van der Waals surface area contributed by atoms with Crippen molar-refractivity contribution in [1.82, 2.24) is 19.6 Å². The van der Waals surface area contributed by atoms with Crippen LogP contribution < -0.4 is 0 Å². The largest absolute Gasteiger partial charge is 0.339 e. The molecule has 312 valence electrons. The summed E-state index contributed by atoms with van der Waals surface area (Å²) in [4.78, 5) is 106. The summed E-state index contributed by atoms with van der Waals surface area (Å²) in [5, 5.41) is 26.3. The first-order valence-corrected chi connectivity index (χ1v) is 20.0. The number of hydrogen-bond donors (Lipinski definition) is 0. The zero-order valence-electron chi connectivity index (χ0n) is 33.2. The molecule has 0 saturated carbocycles. The standard InChI is InChI=1S/C44H40N6O10S/c1-29(53)45-19-23-47(24-20-45)39(55)17-13-31-11-15-37(43(49(57)58)41(31)35-9-5-3-7-33(35)27-51)61-38-16-12-32(14-18-40(56)48-25-21-46(22-26-48)30(2)54)42(44(38)50(59)60)36-10-6-4-8-34(36)28-52/h3-18,27-28H,19-26H2,1-2H3/b17-13+,18-14+. The molecule has 16 nitrogen and oxygen atoms in total. The Balaban J connectivity index is 1.45. The van der Waals surface area contributed by atoms with Gasteiger partial charge >= 0.3 is 0 Å². The maximum atomic E-state index is 13.3. The molecule has 0 N–H and O–H groups in total. The van der Waals surface area contributed by atoms with Gasteiger partial charge in [-0.3, -0.25) is 49.0 Å². The average molecular weight is 845 g/mol. The summed E-state index contributed by atoms with van der Waals surface area (Å²) in [5.41, 5.74) is 0.124. The molecule has 2 aliphatic rings. The molecule has 17 heteroatoms. The Bertz CT molecular complexity index is 2330. The third-order valence-electron chi connectivity index (χ3n) is 10.5. The van der Waals surface area contributed by atoms with E-state index in [0.29, 0.717) is 64.9 Å². The van der Waals surface area contributed by atoms with Gasteiger partial charge in [0, 0.05) is 89.5 Å². The van der Waals surface area contributed by atoms with E-state index in [2.05, 4.69) is 0 Å². The van der Waals surface area contributed by atoms with E-state index in [4.69, 9.17) is 0 Å². The predicted octanol–water partition coefficient (Wildman–Crippen LogP) is 6.02. The van der Waals surface area contributed by atoms with Crippen LogP contribution in [0.3, 0.4) is 0 Å². The number of nitro groups is 2. The smallest absolute Gasteiger partial charge is 0.291 e. The summed E-state index contributed by atoms with van der Waals surface area (Å²) in [6.07, 6.45) is 6.48. The summed E-state index contributed by atoms with van der Waals surface area (Å²) in [6.45, 7) is 5.51. The van der Waals surface area contributed by atoms with Crippen LogP contribution in [0.1, 0.15) is 45.7 Å². The number of benzene rings is 4.